The number of ether oxygens (including phenoxy) is 2. The Morgan fingerprint density at radius 2 is 2.16 bits per heavy atom. The topological polar surface area (TPSA) is 50.8 Å². The Morgan fingerprint density at radius 3 is 2.68 bits per heavy atom. The van der Waals surface area contributed by atoms with Gasteiger partial charge in [0, 0.05) is 39.4 Å². The Balaban J connectivity index is 0.00000180. The standard InChI is InChI=1S/C13H22N2O3.BrH/c1-4-11-12(16)10(9-13(2,17-3)18-11)15-7-5-14-6-8-15;/h9,11,14H,4-8H2,1-3H3;1H. The molecule has 2 aliphatic rings. The summed E-state index contributed by atoms with van der Waals surface area (Å²) in [6.07, 6.45) is 2.08. The normalized spacial score (nSPS) is 31.7. The molecule has 0 bridgehead atoms. The Kier molecular flexibility index (Phi) is 5.98. The van der Waals surface area contributed by atoms with Crippen LogP contribution in [0.4, 0.5) is 0 Å². The number of halogens is 1. The quantitative estimate of drug-likeness (QED) is 0.837. The number of piperazine rings is 1. The van der Waals surface area contributed by atoms with Crippen LogP contribution in [-0.2, 0) is 14.3 Å². The van der Waals surface area contributed by atoms with Crippen LogP contribution in [0.5, 0.6) is 0 Å². The summed E-state index contributed by atoms with van der Waals surface area (Å²) in [4.78, 5) is 14.5. The zero-order chi connectivity index (χ0) is 13.2. The Labute approximate surface area is 125 Å². The third kappa shape index (κ3) is 3.56. The van der Waals surface area contributed by atoms with Crippen molar-refractivity contribution in [3.63, 3.8) is 0 Å². The van der Waals surface area contributed by atoms with Gasteiger partial charge >= 0.3 is 0 Å². The Hall–Kier alpha value is -0.430. The molecule has 1 N–H and O–H groups in total. The van der Waals surface area contributed by atoms with Gasteiger partial charge in [-0.25, -0.2) is 0 Å². The van der Waals surface area contributed by atoms with Gasteiger partial charge in [-0.2, -0.15) is 0 Å². The summed E-state index contributed by atoms with van der Waals surface area (Å²) in [7, 11) is 1.61. The molecule has 1 saturated heterocycles. The number of nitrogens with one attached hydrogen (secondary N) is 1. The zero-order valence-electron chi connectivity index (χ0n) is 11.8. The van der Waals surface area contributed by atoms with Crippen molar-refractivity contribution in [1.82, 2.24) is 10.2 Å². The second-order valence-electron chi connectivity index (χ2n) is 4.87. The molecular weight excluding hydrogens is 312 g/mol. The SMILES string of the molecule is Br.CCC1OC(C)(OC)C=C(N2CCNCC2)C1=O. The fourth-order valence-electron chi connectivity index (χ4n) is 2.38. The molecule has 1 fully saturated rings. The molecule has 0 aromatic rings. The van der Waals surface area contributed by atoms with E-state index in [0.717, 1.165) is 31.9 Å². The molecule has 0 radical (unpaired) electrons. The van der Waals surface area contributed by atoms with Crippen LogP contribution in [-0.4, -0.2) is 55.9 Å². The highest BCUT2D eigenvalue weighted by atomic mass is 79.9. The lowest BCUT2D eigenvalue weighted by Gasteiger charge is -2.39. The Bertz CT molecular complexity index is 356. The van der Waals surface area contributed by atoms with Crippen LogP contribution >= 0.6 is 17.0 Å². The van der Waals surface area contributed by atoms with Crippen molar-refractivity contribution in [2.45, 2.75) is 32.2 Å². The molecule has 2 unspecified atom stereocenters. The van der Waals surface area contributed by atoms with Crippen LogP contribution < -0.4 is 5.32 Å². The number of Topliss-reactive ketones (excluding diaryl/α,β-unsaturated/α-hetero) is 1. The van der Waals surface area contributed by atoms with Gasteiger partial charge in [0.25, 0.3) is 0 Å². The van der Waals surface area contributed by atoms with E-state index >= 15 is 0 Å². The molecule has 2 atom stereocenters. The maximum absolute atomic E-state index is 12.3. The fraction of sp³-hybridized carbons (Fsp3) is 0.769. The smallest absolute Gasteiger partial charge is 0.207 e. The van der Waals surface area contributed by atoms with Crippen LogP contribution in [0.2, 0.25) is 0 Å². The van der Waals surface area contributed by atoms with Gasteiger partial charge in [-0.3, -0.25) is 4.79 Å². The lowest BCUT2D eigenvalue weighted by atomic mass is 10.0. The largest absolute Gasteiger partial charge is 0.366 e. The van der Waals surface area contributed by atoms with E-state index < -0.39 is 11.9 Å². The molecule has 0 saturated carbocycles. The molecule has 2 rings (SSSR count). The molecule has 19 heavy (non-hydrogen) atoms. The van der Waals surface area contributed by atoms with Gasteiger partial charge < -0.3 is 19.7 Å². The molecule has 0 aliphatic carbocycles. The molecule has 0 aromatic carbocycles. The predicted octanol–water partition coefficient (Wildman–Crippen LogP) is 1.09. The molecule has 2 aliphatic heterocycles. The first kappa shape index (κ1) is 16.6. The van der Waals surface area contributed by atoms with E-state index in [0.29, 0.717) is 6.42 Å². The van der Waals surface area contributed by atoms with Gasteiger partial charge in [-0.15, -0.1) is 17.0 Å². The van der Waals surface area contributed by atoms with Crippen LogP contribution in [0.25, 0.3) is 0 Å². The van der Waals surface area contributed by atoms with Crippen LogP contribution in [0, 0.1) is 0 Å². The van der Waals surface area contributed by atoms with Gasteiger partial charge in [-0.05, 0) is 13.3 Å². The number of carbonyl (C=O) groups is 1. The van der Waals surface area contributed by atoms with Crippen molar-refractivity contribution in [1.29, 1.82) is 0 Å². The third-order valence-electron chi connectivity index (χ3n) is 3.55. The molecule has 110 valence electrons. The molecule has 0 amide bonds. The summed E-state index contributed by atoms with van der Waals surface area (Å²) < 4.78 is 11.1. The van der Waals surface area contributed by atoms with Crippen LogP contribution in [0.1, 0.15) is 20.3 Å². The minimum absolute atomic E-state index is 0. The molecular formula is C13H23BrN2O3. The second kappa shape index (κ2) is 6.83. The molecule has 6 heteroatoms. The highest BCUT2D eigenvalue weighted by molar-refractivity contribution is 8.93. The number of carbonyl (C=O) groups excluding carboxylic acids is 1. The van der Waals surface area contributed by atoms with Gasteiger partial charge in [0.1, 0.15) is 6.10 Å². The first-order chi connectivity index (χ1) is 8.59. The summed E-state index contributed by atoms with van der Waals surface area (Å²) in [5.74, 6) is -0.719. The Morgan fingerprint density at radius 1 is 1.53 bits per heavy atom. The van der Waals surface area contributed by atoms with Crippen molar-refractivity contribution in [2.24, 2.45) is 0 Å². The minimum Gasteiger partial charge on any atom is -0.366 e. The van der Waals surface area contributed by atoms with E-state index in [-0.39, 0.29) is 22.8 Å². The number of nitrogens with zero attached hydrogens (tertiary/aromatic N) is 1. The molecule has 0 aromatic heterocycles. The van der Waals surface area contributed by atoms with E-state index in [9.17, 15) is 4.79 Å². The summed E-state index contributed by atoms with van der Waals surface area (Å²) in [6.45, 7) is 7.34. The van der Waals surface area contributed by atoms with E-state index in [4.69, 9.17) is 9.47 Å². The zero-order valence-corrected chi connectivity index (χ0v) is 13.5. The van der Waals surface area contributed by atoms with Crippen LogP contribution in [0.3, 0.4) is 0 Å². The molecule has 5 nitrogen and oxygen atoms in total. The van der Waals surface area contributed by atoms with Gasteiger partial charge in [0.15, 0.2) is 5.79 Å². The number of hydrogen-bond acceptors (Lipinski definition) is 5. The summed E-state index contributed by atoms with van der Waals surface area (Å²) in [5, 5.41) is 3.29. The third-order valence-corrected chi connectivity index (χ3v) is 3.55. The minimum atomic E-state index is -0.797. The second-order valence-corrected chi connectivity index (χ2v) is 4.87. The van der Waals surface area contributed by atoms with Crippen molar-refractivity contribution < 1.29 is 14.3 Å². The van der Waals surface area contributed by atoms with E-state index in [1.54, 1.807) is 7.11 Å². The highest BCUT2D eigenvalue weighted by Crippen LogP contribution is 2.28. The van der Waals surface area contributed by atoms with Crippen molar-refractivity contribution in [3.8, 4) is 0 Å². The number of hydrogen-bond donors (Lipinski definition) is 1. The first-order valence-electron chi connectivity index (χ1n) is 6.55. The summed E-state index contributed by atoms with van der Waals surface area (Å²) in [5.41, 5.74) is 0.749. The maximum atomic E-state index is 12.3. The average molecular weight is 335 g/mol. The van der Waals surface area contributed by atoms with E-state index in [2.05, 4.69) is 10.2 Å². The molecule has 2 heterocycles. The maximum Gasteiger partial charge on any atom is 0.207 e. The van der Waals surface area contributed by atoms with Gasteiger partial charge in [0.05, 0.1) is 5.70 Å². The van der Waals surface area contributed by atoms with Gasteiger partial charge in [-0.1, -0.05) is 6.92 Å². The number of rotatable bonds is 3. The fourth-order valence-corrected chi connectivity index (χ4v) is 2.38. The predicted molar refractivity (Wildman–Crippen MR) is 78.4 cm³/mol. The highest BCUT2D eigenvalue weighted by Gasteiger charge is 2.39. The summed E-state index contributed by atoms with van der Waals surface area (Å²) >= 11 is 0. The first-order valence-corrected chi connectivity index (χ1v) is 6.55. The lowest BCUT2D eigenvalue weighted by Crippen LogP contribution is -2.50. The van der Waals surface area contributed by atoms with Crippen molar-refractivity contribution in [3.05, 3.63) is 11.8 Å². The van der Waals surface area contributed by atoms with E-state index in [1.807, 2.05) is 19.9 Å². The lowest BCUT2D eigenvalue weighted by molar-refractivity contribution is -0.210. The number of methoxy groups -OCH3 is 1. The average Bonchev–Trinajstić information content (AvgIpc) is 2.42. The molecule has 0 spiro atoms. The van der Waals surface area contributed by atoms with E-state index in [1.165, 1.54) is 0 Å². The summed E-state index contributed by atoms with van der Waals surface area (Å²) in [6, 6.07) is 0. The monoisotopic (exact) mass is 334 g/mol. The number of ketones is 1. The van der Waals surface area contributed by atoms with Crippen LogP contribution in [0.15, 0.2) is 11.8 Å². The van der Waals surface area contributed by atoms with Crippen molar-refractivity contribution in [2.75, 3.05) is 33.3 Å². The van der Waals surface area contributed by atoms with Gasteiger partial charge in [0.2, 0.25) is 5.78 Å². The van der Waals surface area contributed by atoms with Crippen molar-refractivity contribution >= 4 is 22.8 Å².